The zero-order chi connectivity index (χ0) is 14.8. The molecule has 0 amide bonds. The summed E-state index contributed by atoms with van der Waals surface area (Å²) in [5.74, 6) is 1.65. The van der Waals surface area contributed by atoms with Gasteiger partial charge in [-0.1, -0.05) is 48.9 Å². The fraction of sp³-hybridized carbons (Fsp3) is 0.786. The molecule has 0 bridgehead atoms. The van der Waals surface area contributed by atoms with Crippen LogP contribution in [0.5, 0.6) is 0 Å². The summed E-state index contributed by atoms with van der Waals surface area (Å²) in [6.07, 6.45) is 2.59. The van der Waals surface area contributed by atoms with Crippen molar-refractivity contribution in [1.29, 1.82) is 0 Å². The lowest BCUT2D eigenvalue weighted by molar-refractivity contribution is 0.428. The van der Waals surface area contributed by atoms with E-state index < -0.39 is 0 Å². The first-order valence-electron chi connectivity index (χ1n) is 6.51. The highest BCUT2D eigenvalue weighted by atomic mass is 33.1. The Morgan fingerprint density at radius 3 is 2.17 bits per heavy atom. The van der Waals surface area contributed by atoms with Gasteiger partial charge in [0.2, 0.25) is 0 Å². The van der Waals surface area contributed by atoms with E-state index in [1.807, 2.05) is 35.4 Å². The minimum Gasteiger partial charge on any atom is -0.384 e. The van der Waals surface area contributed by atoms with E-state index in [-0.39, 0.29) is 10.3 Å². The molecule has 0 spiro atoms. The van der Waals surface area contributed by atoms with Crippen LogP contribution in [0.4, 0.5) is 0 Å². The van der Waals surface area contributed by atoms with Crippen LogP contribution in [0, 0.1) is 0 Å². The molecule has 18 heavy (non-hydrogen) atoms. The van der Waals surface area contributed by atoms with Crippen molar-refractivity contribution in [2.75, 3.05) is 5.75 Å². The van der Waals surface area contributed by atoms with Gasteiger partial charge >= 0.3 is 0 Å². The Labute approximate surface area is 122 Å². The third kappa shape index (κ3) is 11.0. The van der Waals surface area contributed by atoms with E-state index in [2.05, 4.69) is 46.2 Å². The third-order valence-corrected chi connectivity index (χ3v) is 5.26. The fourth-order valence-corrected chi connectivity index (χ4v) is 4.06. The monoisotopic (exact) mass is 290 g/mol. The summed E-state index contributed by atoms with van der Waals surface area (Å²) in [6.45, 7) is 18.5. The van der Waals surface area contributed by atoms with Gasteiger partial charge in [-0.15, -0.1) is 0 Å². The molecule has 0 saturated heterocycles. The van der Waals surface area contributed by atoms with Gasteiger partial charge in [-0.05, 0) is 40.2 Å². The quantitative estimate of drug-likeness (QED) is 0.411. The normalized spacial score (nSPS) is 12.7. The second kappa shape index (κ2) is 9.79. The molecule has 0 atom stereocenters. The summed E-state index contributed by atoms with van der Waals surface area (Å²) < 4.78 is 0.203. The standard InChI is InChI=1S/C12H24N2S2.C2H6/c1-7-10(13)14-11(3,4)9-12(5,6)16-15-8-2;1-2/h7H,1,8-9H2,2-6H3,(H2,13,14);1-2H3. The Bertz CT molecular complexity index is 259. The van der Waals surface area contributed by atoms with E-state index >= 15 is 0 Å². The largest absolute Gasteiger partial charge is 0.384 e. The third-order valence-electron chi connectivity index (χ3n) is 1.90. The molecule has 0 unspecified atom stereocenters. The summed E-state index contributed by atoms with van der Waals surface area (Å²) in [5.41, 5.74) is 5.56. The number of nitrogens with two attached hydrogens (primary N) is 1. The van der Waals surface area contributed by atoms with Crippen LogP contribution in [0.15, 0.2) is 17.6 Å². The second-order valence-corrected chi connectivity index (χ2v) is 8.27. The summed E-state index contributed by atoms with van der Waals surface area (Å²) in [5, 5.41) is 0. The van der Waals surface area contributed by atoms with Crippen LogP contribution in [0.2, 0.25) is 0 Å². The number of rotatable bonds is 7. The first-order valence-corrected chi connectivity index (χ1v) is 8.83. The molecule has 0 aliphatic carbocycles. The lowest BCUT2D eigenvalue weighted by atomic mass is 9.93. The highest BCUT2D eigenvalue weighted by Gasteiger charge is 2.29. The molecule has 2 N–H and O–H groups in total. The van der Waals surface area contributed by atoms with Gasteiger partial charge in [0.25, 0.3) is 0 Å². The van der Waals surface area contributed by atoms with Crippen LogP contribution >= 0.6 is 21.6 Å². The molecule has 0 aromatic heterocycles. The Morgan fingerprint density at radius 1 is 1.28 bits per heavy atom. The summed E-state index contributed by atoms with van der Waals surface area (Å²) in [7, 11) is 3.82. The number of hydrogen-bond acceptors (Lipinski definition) is 3. The molecule has 0 aliphatic rings. The average Bonchev–Trinajstić information content (AvgIpc) is 2.27. The molecule has 108 valence electrons. The van der Waals surface area contributed by atoms with Gasteiger partial charge in [0.05, 0.1) is 5.54 Å². The van der Waals surface area contributed by atoms with Crippen LogP contribution in [0.1, 0.15) is 54.9 Å². The predicted octanol–water partition coefficient (Wildman–Crippen LogP) is 4.90. The molecule has 0 radical (unpaired) electrons. The van der Waals surface area contributed by atoms with Gasteiger partial charge < -0.3 is 5.73 Å². The predicted molar refractivity (Wildman–Crippen MR) is 91.7 cm³/mol. The molecule has 0 rings (SSSR count). The van der Waals surface area contributed by atoms with Crippen molar-refractivity contribution in [3.8, 4) is 0 Å². The first kappa shape index (κ1) is 20.2. The molecule has 0 aromatic rings. The number of aliphatic imine (C=N–C) groups is 1. The minimum atomic E-state index is -0.136. The van der Waals surface area contributed by atoms with Crippen molar-refractivity contribution >= 4 is 27.4 Å². The zero-order valence-electron chi connectivity index (χ0n) is 13.0. The van der Waals surface area contributed by atoms with E-state index in [9.17, 15) is 0 Å². The number of hydrogen-bond donors (Lipinski definition) is 1. The molecular formula is C14H30N2S2. The summed E-state index contributed by atoms with van der Waals surface area (Å²) in [4.78, 5) is 4.47. The van der Waals surface area contributed by atoms with E-state index in [0.29, 0.717) is 5.84 Å². The molecule has 0 saturated carbocycles. The van der Waals surface area contributed by atoms with Crippen molar-refractivity contribution in [3.63, 3.8) is 0 Å². The van der Waals surface area contributed by atoms with Gasteiger partial charge in [0.1, 0.15) is 5.84 Å². The zero-order valence-corrected chi connectivity index (χ0v) is 14.7. The smallest absolute Gasteiger partial charge is 0.118 e. The van der Waals surface area contributed by atoms with Gasteiger partial charge in [-0.25, -0.2) is 0 Å². The Balaban J connectivity index is 0. The molecule has 2 nitrogen and oxygen atoms in total. The highest BCUT2D eigenvalue weighted by Crippen LogP contribution is 2.41. The van der Waals surface area contributed by atoms with Gasteiger partial charge in [0.15, 0.2) is 0 Å². The molecule has 0 heterocycles. The maximum absolute atomic E-state index is 5.70. The van der Waals surface area contributed by atoms with Crippen molar-refractivity contribution < 1.29 is 0 Å². The van der Waals surface area contributed by atoms with Crippen LogP contribution in [0.25, 0.3) is 0 Å². The van der Waals surface area contributed by atoms with Crippen LogP contribution < -0.4 is 5.73 Å². The fourth-order valence-electron chi connectivity index (χ4n) is 1.72. The van der Waals surface area contributed by atoms with E-state index in [1.54, 1.807) is 6.08 Å². The number of amidine groups is 1. The lowest BCUT2D eigenvalue weighted by Crippen LogP contribution is -2.31. The summed E-state index contributed by atoms with van der Waals surface area (Å²) >= 11 is 0. The molecule has 4 heteroatoms. The van der Waals surface area contributed by atoms with Crippen molar-refractivity contribution in [1.82, 2.24) is 0 Å². The molecule has 0 aliphatic heterocycles. The second-order valence-electron chi connectivity index (χ2n) is 4.98. The maximum Gasteiger partial charge on any atom is 0.118 e. The Morgan fingerprint density at radius 2 is 1.78 bits per heavy atom. The minimum absolute atomic E-state index is 0.136. The van der Waals surface area contributed by atoms with Crippen LogP contribution in [-0.2, 0) is 0 Å². The van der Waals surface area contributed by atoms with E-state index in [0.717, 1.165) is 12.2 Å². The van der Waals surface area contributed by atoms with E-state index in [4.69, 9.17) is 5.73 Å². The Hall–Kier alpha value is -0.0900. The van der Waals surface area contributed by atoms with Crippen LogP contribution in [-0.4, -0.2) is 21.9 Å². The van der Waals surface area contributed by atoms with Crippen molar-refractivity contribution in [2.24, 2.45) is 10.7 Å². The topological polar surface area (TPSA) is 38.4 Å². The summed E-state index contributed by atoms with van der Waals surface area (Å²) in [6, 6.07) is 0. The first-order chi connectivity index (χ1) is 8.22. The van der Waals surface area contributed by atoms with Gasteiger partial charge in [0, 0.05) is 10.5 Å². The van der Waals surface area contributed by atoms with Gasteiger partial charge in [-0.2, -0.15) is 0 Å². The van der Waals surface area contributed by atoms with Crippen molar-refractivity contribution in [3.05, 3.63) is 12.7 Å². The lowest BCUT2D eigenvalue weighted by Gasteiger charge is -2.31. The van der Waals surface area contributed by atoms with Crippen LogP contribution in [0.3, 0.4) is 0 Å². The van der Waals surface area contributed by atoms with Crippen molar-refractivity contribution in [2.45, 2.75) is 65.2 Å². The SMILES string of the molecule is C=CC(N)=NC(C)(C)CC(C)(C)SSCC.CC. The highest BCUT2D eigenvalue weighted by molar-refractivity contribution is 8.77. The molecular weight excluding hydrogens is 260 g/mol. The number of nitrogens with zero attached hydrogens (tertiary/aromatic N) is 1. The molecule has 0 aromatic carbocycles. The van der Waals surface area contributed by atoms with Gasteiger partial charge in [-0.3, -0.25) is 4.99 Å². The average molecular weight is 291 g/mol. The maximum atomic E-state index is 5.70. The Kier molecular flexibility index (Phi) is 11.0. The van der Waals surface area contributed by atoms with E-state index in [1.165, 1.54) is 0 Å². The molecule has 0 fully saturated rings.